The zero-order chi connectivity index (χ0) is 17.8. The molecule has 0 unspecified atom stereocenters. The third kappa shape index (κ3) is 5.07. The van der Waals surface area contributed by atoms with Gasteiger partial charge in [0.2, 0.25) is 0 Å². The quantitative estimate of drug-likeness (QED) is 0.770. The van der Waals surface area contributed by atoms with Crippen molar-refractivity contribution in [3.63, 3.8) is 0 Å². The Balaban J connectivity index is 2.04. The fraction of sp³-hybridized carbons (Fsp3) is 0.611. The van der Waals surface area contributed by atoms with Gasteiger partial charge in [-0.05, 0) is 51.3 Å². The van der Waals surface area contributed by atoms with Gasteiger partial charge < -0.3 is 15.2 Å². The average Bonchev–Trinajstić information content (AvgIpc) is 3.01. The second-order valence-electron chi connectivity index (χ2n) is 6.86. The lowest BCUT2D eigenvalue weighted by atomic mass is 10.0. The molecule has 1 saturated heterocycles. The Bertz CT molecular complexity index is 548. The highest BCUT2D eigenvalue weighted by Gasteiger charge is 2.38. The number of rotatable bonds is 6. The summed E-state index contributed by atoms with van der Waals surface area (Å²) in [6.07, 6.45) is 1.45. The van der Waals surface area contributed by atoms with Crippen LogP contribution in [0.25, 0.3) is 0 Å². The van der Waals surface area contributed by atoms with E-state index in [1.165, 1.54) is 5.56 Å². The molecule has 1 aliphatic rings. The molecule has 0 bridgehead atoms. The van der Waals surface area contributed by atoms with E-state index >= 15 is 0 Å². The maximum absolute atomic E-state index is 12.1. The molecule has 1 aromatic rings. The van der Waals surface area contributed by atoms with Crippen molar-refractivity contribution in [1.82, 2.24) is 0 Å². The van der Waals surface area contributed by atoms with Gasteiger partial charge in [-0.2, -0.15) is 0 Å². The molecule has 0 saturated carbocycles. The van der Waals surface area contributed by atoms with Crippen molar-refractivity contribution in [2.45, 2.75) is 49.3 Å². The van der Waals surface area contributed by atoms with Crippen LogP contribution in [0.15, 0.2) is 24.3 Å². The molecule has 1 heterocycles. The van der Waals surface area contributed by atoms with E-state index in [0.717, 1.165) is 23.7 Å². The Morgan fingerprint density at radius 2 is 1.83 bits per heavy atom. The maximum atomic E-state index is 12.1. The predicted octanol–water partition coefficient (Wildman–Crippen LogP) is 3.78. The SMILES string of the molecule is COc1ccc(C2(CC[C@H](N)C(=O)OC(C)(C)C)SCCS2)cc1. The van der Waals surface area contributed by atoms with Gasteiger partial charge in [0.1, 0.15) is 17.4 Å². The minimum atomic E-state index is -0.582. The Morgan fingerprint density at radius 1 is 1.25 bits per heavy atom. The summed E-state index contributed by atoms with van der Waals surface area (Å²) in [5.74, 6) is 2.75. The van der Waals surface area contributed by atoms with E-state index in [-0.39, 0.29) is 10.0 Å². The molecular weight excluding hydrogens is 342 g/mol. The number of hydrogen-bond acceptors (Lipinski definition) is 6. The van der Waals surface area contributed by atoms with Crippen LogP contribution in [0, 0.1) is 0 Å². The molecule has 2 N–H and O–H groups in total. The van der Waals surface area contributed by atoms with Gasteiger partial charge in [0.05, 0.1) is 11.2 Å². The van der Waals surface area contributed by atoms with Gasteiger partial charge in [-0.25, -0.2) is 0 Å². The van der Waals surface area contributed by atoms with E-state index < -0.39 is 11.6 Å². The van der Waals surface area contributed by atoms with E-state index in [1.54, 1.807) is 7.11 Å². The molecule has 1 aromatic carbocycles. The number of hydrogen-bond donors (Lipinski definition) is 1. The number of thioether (sulfide) groups is 2. The van der Waals surface area contributed by atoms with Gasteiger partial charge in [-0.3, -0.25) is 4.79 Å². The lowest BCUT2D eigenvalue weighted by molar-refractivity contribution is -0.156. The first-order valence-corrected chi connectivity index (χ1v) is 10.1. The number of carbonyl (C=O) groups is 1. The van der Waals surface area contributed by atoms with Crippen LogP contribution in [0.4, 0.5) is 0 Å². The summed E-state index contributed by atoms with van der Waals surface area (Å²) in [5, 5.41) is 0. The monoisotopic (exact) mass is 369 g/mol. The van der Waals surface area contributed by atoms with Crippen LogP contribution in [0.2, 0.25) is 0 Å². The standard InChI is InChI=1S/C18H27NO3S2/c1-17(2,3)22-16(20)15(19)9-10-18(23-11-12-24-18)13-5-7-14(21-4)8-6-13/h5-8,15H,9-12,19H2,1-4H3/t15-/m0/s1. The molecule has 0 radical (unpaired) electrons. The van der Waals surface area contributed by atoms with Gasteiger partial charge in [0.25, 0.3) is 0 Å². The van der Waals surface area contributed by atoms with Crippen molar-refractivity contribution in [2.75, 3.05) is 18.6 Å². The first-order valence-electron chi connectivity index (χ1n) is 8.17. The van der Waals surface area contributed by atoms with Crippen molar-refractivity contribution in [1.29, 1.82) is 0 Å². The second-order valence-corrected chi connectivity index (χ2v) is 9.90. The van der Waals surface area contributed by atoms with Crippen LogP contribution >= 0.6 is 23.5 Å². The van der Waals surface area contributed by atoms with E-state index in [1.807, 2.05) is 56.4 Å². The predicted molar refractivity (Wildman–Crippen MR) is 103 cm³/mol. The van der Waals surface area contributed by atoms with E-state index in [9.17, 15) is 4.79 Å². The third-order valence-electron chi connectivity index (χ3n) is 3.78. The van der Waals surface area contributed by atoms with Crippen LogP contribution in [0.3, 0.4) is 0 Å². The molecule has 2 rings (SSSR count). The van der Waals surface area contributed by atoms with E-state index in [4.69, 9.17) is 15.2 Å². The van der Waals surface area contributed by atoms with Gasteiger partial charge in [-0.1, -0.05) is 12.1 Å². The maximum Gasteiger partial charge on any atom is 0.323 e. The van der Waals surface area contributed by atoms with Gasteiger partial charge >= 0.3 is 5.97 Å². The number of benzene rings is 1. The second kappa shape index (κ2) is 8.02. The molecular formula is C18H27NO3S2. The molecule has 0 aromatic heterocycles. The Morgan fingerprint density at radius 3 is 2.33 bits per heavy atom. The minimum absolute atomic E-state index is 0.0358. The van der Waals surface area contributed by atoms with Crippen LogP contribution in [0.1, 0.15) is 39.2 Å². The summed E-state index contributed by atoms with van der Waals surface area (Å²) >= 11 is 3.88. The molecule has 4 nitrogen and oxygen atoms in total. The van der Waals surface area contributed by atoms with Crippen molar-refractivity contribution in [3.05, 3.63) is 29.8 Å². The van der Waals surface area contributed by atoms with Crippen molar-refractivity contribution in [3.8, 4) is 5.75 Å². The lowest BCUT2D eigenvalue weighted by Gasteiger charge is -2.29. The molecule has 24 heavy (non-hydrogen) atoms. The van der Waals surface area contributed by atoms with Crippen molar-refractivity contribution < 1.29 is 14.3 Å². The van der Waals surface area contributed by atoms with Crippen LogP contribution < -0.4 is 10.5 Å². The largest absolute Gasteiger partial charge is 0.497 e. The summed E-state index contributed by atoms with van der Waals surface area (Å²) in [4.78, 5) is 12.1. The Hall–Kier alpha value is -0.850. The fourth-order valence-electron chi connectivity index (χ4n) is 2.60. The van der Waals surface area contributed by atoms with Crippen molar-refractivity contribution >= 4 is 29.5 Å². The highest BCUT2D eigenvalue weighted by molar-refractivity contribution is 8.20. The molecule has 134 valence electrons. The number of nitrogens with two attached hydrogens (primary N) is 1. The lowest BCUT2D eigenvalue weighted by Crippen LogP contribution is -2.38. The molecule has 0 amide bonds. The molecule has 1 aliphatic heterocycles. The number of methoxy groups -OCH3 is 1. The zero-order valence-corrected chi connectivity index (χ0v) is 16.5. The molecule has 6 heteroatoms. The van der Waals surface area contributed by atoms with Crippen molar-refractivity contribution in [2.24, 2.45) is 5.73 Å². The number of carbonyl (C=O) groups excluding carboxylic acids is 1. The molecule has 1 atom stereocenters. The van der Waals surface area contributed by atoms with E-state index in [0.29, 0.717) is 6.42 Å². The summed E-state index contributed by atoms with van der Waals surface area (Å²) in [6, 6.07) is 7.63. The van der Waals surface area contributed by atoms with Crippen LogP contribution in [-0.4, -0.2) is 36.2 Å². The van der Waals surface area contributed by atoms with Gasteiger partial charge in [0.15, 0.2) is 0 Å². The summed E-state index contributed by atoms with van der Waals surface area (Å²) < 4.78 is 10.6. The average molecular weight is 370 g/mol. The Kier molecular flexibility index (Phi) is 6.51. The first-order chi connectivity index (χ1) is 11.3. The first kappa shape index (κ1) is 19.5. The molecule has 0 aliphatic carbocycles. The van der Waals surface area contributed by atoms with Gasteiger partial charge in [-0.15, -0.1) is 23.5 Å². The summed E-state index contributed by atoms with van der Waals surface area (Å²) in [7, 11) is 1.67. The fourth-order valence-corrected chi connectivity index (χ4v) is 5.89. The van der Waals surface area contributed by atoms with Crippen LogP contribution in [-0.2, 0) is 13.6 Å². The highest BCUT2D eigenvalue weighted by Crippen LogP contribution is 2.55. The Labute approximate surface area is 153 Å². The normalized spacial score (nSPS) is 18.2. The number of esters is 1. The summed E-state index contributed by atoms with van der Waals surface area (Å²) in [6.45, 7) is 5.58. The molecule has 1 fully saturated rings. The van der Waals surface area contributed by atoms with Crippen LogP contribution in [0.5, 0.6) is 5.75 Å². The topological polar surface area (TPSA) is 61.5 Å². The highest BCUT2D eigenvalue weighted by atomic mass is 32.2. The zero-order valence-electron chi connectivity index (χ0n) is 14.8. The van der Waals surface area contributed by atoms with E-state index in [2.05, 4.69) is 12.1 Å². The summed E-state index contributed by atoms with van der Waals surface area (Å²) in [5.41, 5.74) is 6.83. The van der Waals surface area contributed by atoms with Gasteiger partial charge in [0, 0.05) is 11.5 Å². The molecule has 0 spiro atoms. The third-order valence-corrected chi connectivity index (χ3v) is 7.37. The number of ether oxygens (including phenoxy) is 2. The minimum Gasteiger partial charge on any atom is -0.497 e. The smallest absolute Gasteiger partial charge is 0.323 e.